The molecule has 0 amide bonds. The van der Waals surface area contributed by atoms with Gasteiger partial charge in [0.2, 0.25) is 0 Å². The maximum atomic E-state index is 14.7. The Morgan fingerprint density at radius 2 is 0.872 bits per heavy atom. The zero-order chi connectivity index (χ0) is 27.5. The average Bonchev–Trinajstić information content (AvgIpc) is 2.96. The van der Waals surface area contributed by atoms with E-state index in [1.54, 1.807) is 6.07 Å². The fraction of sp³-hybridized carbons (Fsp3) is 0.421. The highest BCUT2D eigenvalue weighted by Gasteiger charge is 2.01. The van der Waals surface area contributed by atoms with Crippen LogP contribution in [0.25, 0.3) is 0 Å². The lowest BCUT2D eigenvalue weighted by atomic mass is 10.0. The lowest BCUT2D eigenvalue weighted by molar-refractivity contribution is 0.575. The Kier molecular flexibility index (Phi) is 14.0. The molecule has 0 heterocycles. The standard InChI is InChI=1S/C38H45F/c1-3-5-7-9-10-11-12-14-16-33-17-21-34(22-18-33)25-26-36-28-30-37(38(39)31-36)29-27-35-23-19-32(20-24-35)15-13-8-6-4-2/h17-24,28,30-31H,3-16H2,1-2H3. The van der Waals surface area contributed by atoms with Crippen LogP contribution in [0.15, 0.2) is 66.7 Å². The molecule has 0 aliphatic heterocycles. The van der Waals surface area contributed by atoms with Crippen LogP contribution in [0.3, 0.4) is 0 Å². The molecular formula is C38H45F. The molecule has 0 nitrogen and oxygen atoms in total. The molecule has 1 heteroatoms. The Labute approximate surface area is 237 Å². The van der Waals surface area contributed by atoms with Crippen molar-refractivity contribution in [1.82, 2.24) is 0 Å². The van der Waals surface area contributed by atoms with Crippen molar-refractivity contribution in [2.75, 3.05) is 0 Å². The summed E-state index contributed by atoms with van der Waals surface area (Å²) < 4.78 is 14.7. The van der Waals surface area contributed by atoms with Crippen molar-refractivity contribution in [1.29, 1.82) is 0 Å². The molecule has 0 saturated heterocycles. The third-order valence-electron chi connectivity index (χ3n) is 7.21. The van der Waals surface area contributed by atoms with Gasteiger partial charge in [0.25, 0.3) is 0 Å². The molecule has 0 saturated carbocycles. The molecule has 0 aromatic heterocycles. The van der Waals surface area contributed by atoms with E-state index in [0.29, 0.717) is 11.1 Å². The molecule has 0 radical (unpaired) electrons. The fourth-order valence-corrected chi connectivity index (χ4v) is 4.71. The molecule has 39 heavy (non-hydrogen) atoms. The first-order valence-electron chi connectivity index (χ1n) is 15.2. The fourth-order valence-electron chi connectivity index (χ4n) is 4.71. The highest BCUT2D eigenvalue weighted by molar-refractivity contribution is 5.49. The second-order valence-electron chi connectivity index (χ2n) is 10.6. The van der Waals surface area contributed by atoms with Gasteiger partial charge in [-0.15, -0.1) is 0 Å². The van der Waals surface area contributed by atoms with E-state index in [-0.39, 0.29) is 5.82 Å². The van der Waals surface area contributed by atoms with Gasteiger partial charge in [-0.1, -0.05) is 126 Å². The molecule has 3 rings (SSSR count). The van der Waals surface area contributed by atoms with Crippen molar-refractivity contribution < 1.29 is 4.39 Å². The predicted molar refractivity (Wildman–Crippen MR) is 165 cm³/mol. The van der Waals surface area contributed by atoms with Crippen molar-refractivity contribution in [3.63, 3.8) is 0 Å². The summed E-state index contributed by atoms with van der Waals surface area (Å²) >= 11 is 0. The number of rotatable bonds is 14. The van der Waals surface area contributed by atoms with Gasteiger partial charge in [-0.25, -0.2) is 4.39 Å². The van der Waals surface area contributed by atoms with Crippen molar-refractivity contribution in [3.8, 4) is 23.7 Å². The number of benzene rings is 3. The van der Waals surface area contributed by atoms with Crippen molar-refractivity contribution in [3.05, 3.63) is 106 Å². The van der Waals surface area contributed by atoms with Gasteiger partial charge in [-0.2, -0.15) is 0 Å². The molecular weight excluding hydrogens is 475 g/mol. The highest BCUT2D eigenvalue weighted by Crippen LogP contribution is 2.14. The van der Waals surface area contributed by atoms with Crippen molar-refractivity contribution >= 4 is 0 Å². The van der Waals surface area contributed by atoms with Gasteiger partial charge in [0, 0.05) is 16.7 Å². The van der Waals surface area contributed by atoms with Crippen LogP contribution in [0.2, 0.25) is 0 Å². The van der Waals surface area contributed by atoms with Gasteiger partial charge in [0.05, 0.1) is 5.56 Å². The summed E-state index contributed by atoms with van der Waals surface area (Å²) in [6, 6.07) is 21.8. The van der Waals surface area contributed by atoms with Crippen LogP contribution in [0, 0.1) is 29.5 Å². The van der Waals surface area contributed by atoms with E-state index in [9.17, 15) is 4.39 Å². The van der Waals surface area contributed by atoms with Crippen LogP contribution < -0.4 is 0 Å². The Morgan fingerprint density at radius 3 is 1.38 bits per heavy atom. The maximum Gasteiger partial charge on any atom is 0.140 e. The van der Waals surface area contributed by atoms with Crippen LogP contribution in [0.4, 0.5) is 4.39 Å². The van der Waals surface area contributed by atoms with E-state index in [2.05, 4.69) is 73.9 Å². The SMILES string of the molecule is CCCCCCCCCCc1ccc(C#Cc2ccc(C#Cc3ccc(CCCCCC)cc3)c(F)c2)cc1. The number of unbranched alkanes of at least 4 members (excludes halogenated alkanes) is 10. The van der Waals surface area contributed by atoms with Crippen LogP contribution in [0.5, 0.6) is 0 Å². The highest BCUT2D eigenvalue weighted by atomic mass is 19.1. The van der Waals surface area contributed by atoms with E-state index < -0.39 is 0 Å². The molecule has 0 spiro atoms. The van der Waals surface area contributed by atoms with Crippen LogP contribution in [-0.4, -0.2) is 0 Å². The summed E-state index contributed by atoms with van der Waals surface area (Å²) in [6.07, 6.45) is 18.0. The molecule has 0 fully saturated rings. The molecule has 0 unspecified atom stereocenters. The van der Waals surface area contributed by atoms with Crippen molar-refractivity contribution in [2.24, 2.45) is 0 Å². The van der Waals surface area contributed by atoms with Crippen LogP contribution in [0.1, 0.15) is 124 Å². The summed E-state index contributed by atoms with van der Waals surface area (Å²) in [7, 11) is 0. The maximum absolute atomic E-state index is 14.7. The second kappa shape index (κ2) is 18.1. The van der Waals surface area contributed by atoms with E-state index >= 15 is 0 Å². The molecule has 0 bridgehead atoms. The first-order chi connectivity index (χ1) is 19.2. The van der Waals surface area contributed by atoms with Crippen LogP contribution in [-0.2, 0) is 12.8 Å². The quantitative estimate of drug-likeness (QED) is 0.146. The zero-order valence-electron chi connectivity index (χ0n) is 24.1. The smallest absolute Gasteiger partial charge is 0.140 e. The Bertz CT molecular complexity index is 1230. The average molecular weight is 521 g/mol. The first kappa shape index (κ1) is 30.3. The summed E-state index contributed by atoms with van der Waals surface area (Å²) in [6.45, 7) is 4.50. The molecule has 204 valence electrons. The topological polar surface area (TPSA) is 0 Å². The molecule has 0 N–H and O–H groups in total. The zero-order valence-corrected chi connectivity index (χ0v) is 24.1. The monoisotopic (exact) mass is 520 g/mol. The minimum absolute atomic E-state index is 0.331. The molecule has 0 aliphatic rings. The first-order valence-corrected chi connectivity index (χ1v) is 15.2. The van der Waals surface area contributed by atoms with Gasteiger partial charge >= 0.3 is 0 Å². The molecule has 0 aliphatic carbocycles. The predicted octanol–water partition coefficient (Wildman–Crippen LogP) is 10.4. The Balaban J connectivity index is 1.46. The number of hydrogen-bond acceptors (Lipinski definition) is 0. The molecule has 3 aromatic rings. The lowest BCUT2D eigenvalue weighted by Crippen LogP contribution is -1.88. The largest absolute Gasteiger partial charge is 0.206 e. The van der Waals surface area contributed by atoms with Crippen molar-refractivity contribution in [2.45, 2.75) is 104 Å². The number of hydrogen-bond donors (Lipinski definition) is 0. The normalized spacial score (nSPS) is 10.4. The van der Waals surface area contributed by atoms with E-state index in [0.717, 1.165) is 24.0 Å². The summed E-state index contributed by atoms with van der Waals surface area (Å²) in [5, 5.41) is 0. The number of halogens is 1. The van der Waals surface area contributed by atoms with Gasteiger partial charge < -0.3 is 0 Å². The third kappa shape index (κ3) is 12.0. The molecule has 0 atom stereocenters. The Morgan fingerprint density at radius 1 is 0.462 bits per heavy atom. The lowest BCUT2D eigenvalue weighted by Gasteiger charge is -2.03. The van der Waals surface area contributed by atoms with E-state index in [4.69, 9.17) is 0 Å². The summed E-state index contributed by atoms with van der Waals surface area (Å²) in [5.74, 6) is 12.0. The van der Waals surface area contributed by atoms with Gasteiger partial charge in [0.15, 0.2) is 0 Å². The molecule has 3 aromatic carbocycles. The minimum atomic E-state index is -0.331. The van der Waals surface area contributed by atoms with Crippen LogP contribution >= 0.6 is 0 Å². The van der Waals surface area contributed by atoms with Gasteiger partial charge in [-0.05, 0) is 79.3 Å². The summed E-state index contributed by atoms with van der Waals surface area (Å²) in [5.41, 5.74) is 5.61. The summed E-state index contributed by atoms with van der Waals surface area (Å²) in [4.78, 5) is 0. The van der Waals surface area contributed by atoms with E-state index in [1.807, 2.05) is 18.2 Å². The second-order valence-corrected chi connectivity index (χ2v) is 10.6. The Hall–Kier alpha value is -3.29. The number of aryl methyl sites for hydroxylation is 2. The third-order valence-corrected chi connectivity index (χ3v) is 7.21. The van der Waals surface area contributed by atoms with Gasteiger partial charge in [0.1, 0.15) is 5.82 Å². The minimum Gasteiger partial charge on any atom is -0.206 e. The van der Waals surface area contributed by atoms with Gasteiger partial charge in [-0.3, -0.25) is 0 Å². The van der Waals surface area contributed by atoms with E-state index in [1.165, 1.54) is 94.2 Å².